The molecule has 1 saturated heterocycles. The van der Waals surface area contributed by atoms with Crippen LogP contribution in [0.4, 0.5) is 0 Å². The van der Waals surface area contributed by atoms with Crippen molar-refractivity contribution < 1.29 is 8.42 Å². The predicted molar refractivity (Wildman–Crippen MR) is 122 cm³/mol. The van der Waals surface area contributed by atoms with Crippen molar-refractivity contribution in [2.75, 3.05) is 25.9 Å². The van der Waals surface area contributed by atoms with Gasteiger partial charge < -0.3 is 4.98 Å². The van der Waals surface area contributed by atoms with Crippen LogP contribution in [0.1, 0.15) is 66.7 Å². The zero-order chi connectivity index (χ0) is 22.2. The van der Waals surface area contributed by atoms with E-state index >= 15 is 0 Å². The minimum atomic E-state index is -3.31. The molecule has 1 aromatic carbocycles. The molecule has 2 aromatic rings. The molecule has 0 bridgehead atoms. The van der Waals surface area contributed by atoms with Crippen LogP contribution in [-0.4, -0.2) is 53.5 Å². The maximum atomic E-state index is 12.7. The van der Waals surface area contributed by atoms with Gasteiger partial charge in [0.25, 0.3) is 5.56 Å². The summed E-state index contributed by atoms with van der Waals surface area (Å²) in [6.07, 6.45) is 3.59. The fourth-order valence-corrected chi connectivity index (χ4v) is 5.31. The van der Waals surface area contributed by atoms with Crippen molar-refractivity contribution in [2.45, 2.75) is 58.0 Å². The number of rotatable bonds is 5. The van der Waals surface area contributed by atoms with Gasteiger partial charge in [-0.15, -0.1) is 0 Å². The molecule has 7 nitrogen and oxygen atoms in total. The second-order valence-electron chi connectivity index (χ2n) is 9.17. The lowest BCUT2D eigenvalue weighted by molar-refractivity contribution is 0.201. The molecule has 3 heterocycles. The van der Waals surface area contributed by atoms with Crippen molar-refractivity contribution in [2.24, 2.45) is 0 Å². The fraction of sp³-hybridized carbons (Fsp3) is 0.565. The van der Waals surface area contributed by atoms with E-state index < -0.39 is 10.0 Å². The maximum absolute atomic E-state index is 12.7. The number of benzene rings is 1. The zero-order valence-electron chi connectivity index (χ0n) is 18.6. The van der Waals surface area contributed by atoms with Crippen LogP contribution in [0.5, 0.6) is 0 Å². The fourth-order valence-electron chi connectivity index (χ4n) is 4.53. The standard InChI is InChI=1S/C23H32N4O3S/c1-16(2)18-6-4-17(5-7-18)14-26-11-8-19(9-12-26)22-24-21-10-13-27(31(3,29)30)15-20(21)23(28)25-22/h4-7,16,19H,8-15H2,1-3H3,(H,24,25,28). The number of nitrogens with one attached hydrogen (secondary N) is 1. The summed E-state index contributed by atoms with van der Waals surface area (Å²) in [5, 5.41) is 0. The van der Waals surface area contributed by atoms with Crippen LogP contribution in [0.15, 0.2) is 29.1 Å². The molecule has 0 unspecified atom stereocenters. The molecule has 2 aliphatic heterocycles. The average Bonchev–Trinajstić information content (AvgIpc) is 2.73. The van der Waals surface area contributed by atoms with E-state index in [2.05, 4.69) is 48.0 Å². The third-order valence-electron chi connectivity index (χ3n) is 6.55. The third kappa shape index (κ3) is 5.07. The highest BCUT2D eigenvalue weighted by Gasteiger charge is 2.29. The summed E-state index contributed by atoms with van der Waals surface area (Å²) in [5.74, 6) is 1.55. The zero-order valence-corrected chi connectivity index (χ0v) is 19.4. The van der Waals surface area contributed by atoms with Crippen LogP contribution in [0, 0.1) is 0 Å². The summed E-state index contributed by atoms with van der Waals surface area (Å²) in [4.78, 5) is 22.8. The topological polar surface area (TPSA) is 86.4 Å². The van der Waals surface area contributed by atoms with Gasteiger partial charge in [0.1, 0.15) is 5.82 Å². The van der Waals surface area contributed by atoms with Crippen LogP contribution in [0.3, 0.4) is 0 Å². The van der Waals surface area contributed by atoms with Gasteiger partial charge in [-0.1, -0.05) is 38.1 Å². The maximum Gasteiger partial charge on any atom is 0.255 e. The van der Waals surface area contributed by atoms with Crippen LogP contribution >= 0.6 is 0 Å². The van der Waals surface area contributed by atoms with Crippen molar-refractivity contribution >= 4 is 10.0 Å². The Morgan fingerprint density at radius 3 is 2.42 bits per heavy atom. The number of piperidine rings is 1. The number of hydrogen-bond acceptors (Lipinski definition) is 5. The molecule has 0 saturated carbocycles. The lowest BCUT2D eigenvalue weighted by Gasteiger charge is -2.32. The summed E-state index contributed by atoms with van der Waals surface area (Å²) in [7, 11) is -3.31. The molecule has 0 radical (unpaired) electrons. The summed E-state index contributed by atoms with van der Waals surface area (Å²) in [6, 6.07) is 8.90. The quantitative estimate of drug-likeness (QED) is 0.766. The molecule has 2 aliphatic rings. The number of likely N-dealkylation sites (tertiary alicyclic amines) is 1. The first-order valence-electron chi connectivity index (χ1n) is 11.1. The molecular weight excluding hydrogens is 412 g/mol. The van der Waals surface area contributed by atoms with Gasteiger partial charge in [-0.25, -0.2) is 13.4 Å². The van der Waals surface area contributed by atoms with Crippen LogP contribution < -0.4 is 5.56 Å². The second-order valence-corrected chi connectivity index (χ2v) is 11.2. The number of aromatic nitrogens is 2. The van der Waals surface area contributed by atoms with Crippen LogP contribution in [-0.2, 0) is 29.5 Å². The molecule has 4 rings (SSSR count). The van der Waals surface area contributed by atoms with Crippen LogP contribution in [0.2, 0.25) is 0 Å². The Morgan fingerprint density at radius 2 is 1.81 bits per heavy atom. The second kappa shape index (κ2) is 8.84. The highest BCUT2D eigenvalue weighted by Crippen LogP contribution is 2.27. The van der Waals surface area contributed by atoms with E-state index in [-0.39, 0.29) is 18.0 Å². The van der Waals surface area contributed by atoms with Crippen molar-refractivity contribution in [1.29, 1.82) is 0 Å². The molecule has 0 spiro atoms. The van der Waals surface area contributed by atoms with Gasteiger partial charge in [-0.05, 0) is 43.0 Å². The highest BCUT2D eigenvalue weighted by molar-refractivity contribution is 7.88. The molecule has 1 aromatic heterocycles. The highest BCUT2D eigenvalue weighted by atomic mass is 32.2. The van der Waals surface area contributed by atoms with E-state index in [4.69, 9.17) is 4.98 Å². The third-order valence-corrected chi connectivity index (χ3v) is 7.80. The average molecular weight is 445 g/mol. The number of H-pyrrole nitrogens is 1. The monoisotopic (exact) mass is 444 g/mol. The van der Waals surface area contributed by atoms with Crippen LogP contribution in [0.25, 0.3) is 0 Å². The number of nitrogens with zero attached hydrogens (tertiary/aromatic N) is 3. The van der Waals surface area contributed by atoms with Gasteiger partial charge >= 0.3 is 0 Å². The lowest BCUT2D eigenvalue weighted by atomic mass is 9.94. The molecule has 1 fully saturated rings. The minimum absolute atomic E-state index is 0.116. The molecule has 31 heavy (non-hydrogen) atoms. The van der Waals surface area contributed by atoms with Crippen molar-refractivity contribution in [3.8, 4) is 0 Å². The van der Waals surface area contributed by atoms with E-state index in [1.807, 2.05) is 0 Å². The molecule has 0 amide bonds. The SMILES string of the molecule is CC(C)c1ccc(CN2CCC(c3nc4c(c(=O)[nH]3)CN(S(C)(=O)=O)CC4)CC2)cc1. The first-order chi connectivity index (χ1) is 14.7. The van der Waals surface area contributed by atoms with E-state index in [9.17, 15) is 13.2 Å². The first-order valence-corrected chi connectivity index (χ1v) is 12.9. The lowest BCUT2D eigenvalue weighted by Crippen LogP contribution is -2.40. The van der Waals surface area contributed by atoms with Gasteiger partial charge in [0.15, 0.2) is 0 Å². The van der Waals surface area contributed by atoms with E-state index in [1.54, 1.807) is 0 Å². The van der Waals surface area contributed by atoms with Gasteiger partial charge in [-0.2, -0.15) is 4.31 Å². The summed E-state index contributed by atoms with van der Waals surface area (Å²) >= 11 is 0. The minimum Gasteiger partial charge on any atom is -0.310 e. The van der Waals surface area contributed by atoms with Gasteiger partial charge in [-0.3, -0.25) is 9.69 Å². The molecule has 0 aliphatic carbocycles. The number of aromatic amines is 1. The largest absolute Gasteiger partial charge is 0.310 e. The molecular formula is C23H32N4O3S. The Bertz CT molecular complexity index is 1080. The van der Waals surface area contributed by atoms with Gasteiger partial charge in [0.2, 0.25) is 10.0 Å². The van der Waals surface area contributed by atoms with E-state index in [0.717, 1.165) is 44.0 Å². The van der Waals surface area contributed by atoms with E-state index in [0.29, 0.717) is 24.4 Å². The Morgan fingerprint density at radius 1 is 1.13 bits per heavy atom. The van der Waals surface area contributed by atoms with Crippen molar-refractivity contribution in [1.82, 2.24) is 19.2 Å². The molecule has 1 N–H and O–H groups in total. The Balaban J connectivity index is 1.39. The van der Waals surface area contributed by atoms with Crippen molar-refractivity contribution in [3.63, 3.8) is 0 Å². The normalized spacial score (nSPS) is 19.0. The molecule has 168 valence electrons. The Hall–Kier alpha value is -2.03. The summed E-state index contributed by atoms with van der Waals surface area (Å²) < 4.78 is 25.0. The predicted octanol–water partition coefficient (Wildman–Crippen LogP) is 2.59. The first kappa shape index (κ1) is 22.2. The Labute approximate surface area is 184 Å². The number of fused-ring (bicyclic) bond motifs is 1. The smallest absolute Gasteiger partial charge is 0.255 e. The Kier molecular flexibility index (Phi) is 6.32. The number of sulfonamides is 1. The van der Waals surface area contributed by atoms with Gasteiger partial charge in [0, 0.05) is 32.0 Å². The number of hydrogen-bond donors (Lipinski definition) is 1. The van der Waals surface area contributed by atoms with Gasteiger partial charge in [0.05, 0.1) is 17.5 Å². The van der Waals surface area contributed by atoms with E-state index in [1.165, 1.54) is 21.7 Å². The molecule has 0 atom stereocenters. The molecule has 8 heteroatoms. The summed E-state index contributed by atoms with van der Waals surface area (Å²) in [5.41, 5.74) is 3.75. The van der Waals surface area contributed by atoms with Crippen molar-refractivity contribution in [3.05, 3.63) is 62.8 Å². The summed E-state index contributed by atoms with van der Waals surface area (Å²) in [6.45, 7) is 7.81.